The van der Waals surface area contributed by atoms with Crippen LogP contribution in [0.2, 0.25) is 18.1 Å². The summed E-state index contributed by atoms with van der Waals surface area (Å²) in [6.45, 7) is 19.5. The third kappa shape index (κ3) is 9.40. The van der Waals surface area contributed by atoms with Gasteiger partial charge >= 0.3 is 0 Å². The Hall–Kier alpha value is -1.04. The Morgan fingerprint density at radius 2 is 1.77 bits per heavy atom. The standard InChI is InChI=1S/C26H44O3Si/c1-10-12-13-14-15-16-20-23-24(28-26(6,7)27-23)21-18-17-19-22(11-2)29-30(8,9)25(3,4)5/h16,20,22-24H,10-15H2,1-9H3/b20-16+/t22?,23-,24+/m0/s1. The van der Waals surface area contributed by atoms with Gasteiger partial charge in [0.15, 0.2) is 20.2 Å². The third-order valence-electron chi connectivity index (χ3n) is 5.80. The Bertz CT molecular complexity index is 664. The van der Waals surface area contributed by atoms with Gasteiger partial charge in [0.1, 0.15) is 12.2 Å². The molecule has 0 saturated carbocycles. The second-order valence-electron chi connectivity index (χ2n) is 10.1. The number of allylic oxidation sites excluding steroid dienone is 1. The van der Waals surface area contributed by atoms with Crippen LogP contribution in [0.25, 0.3) is 0 Å². The maximum absolute atomic E-state index is 6.40. The molecule has 1 fully saturated rings. The summed E-state index contributed by atoms with van der Waals surface area (Å²) in [5.41, 5.74) is 0. The van der Waals surface area contributed by atoms with Gasteiger partial charge in [0, 0.05) is 0 Å². The molecule has 1 rings (SSSR count). The SMILES string of the molecule is CCCCCC/C=C/[C@@H]1OC(C)(C)O[C@@H]1C#CC#CC(CC)O[Si](C)(C)C(C)(C)C. The summed E-state index contributed by atoms with van der Waals surface area (Å²) < 4.78 is 18.4. The molecule has 0 aromatic rings. The summed E-state index contributed by atoms with van der Waals surface area (Å²) in [6, 6.07) is 0. The molecule has 30 heavy (non-hydrogen) atoms. The van der Waals surface area contributed by atoms with Crippen molar-refractivity contribution in [3.8, 4) is 23.7 Å². The van der Waals surface area contributed by atoms with E-state index in [-0.39, 0.29) is 23.4 Å². The summed E-state index contributed by atoms with van der Waals surface area (Å²) in [7, 11) is -1.84. The first kappa shape index (κ1) is 27.0. The van der Waals surface area contributed by atoms with E-state index in [1.807, 2.05) is 13.8 Å². The highest BCUT2D eigenvalue weighted by Crippen LogP contribution is 2.37. The Kier molecular flexibility index (Phi) is 10.9. The molecule has 170 valence electrons. The molecule has 0 bridgehead atoms. The van der Waals surface area contributed by atoms with Crippen LogP contribution in [-0.4, -0.2) is 32.4 Å². The van der Waals surface area contributed by atoms with Crippen LogP contribution in [0.1, 0.15) is 87.0 Å². The molecular weight excluding hydrogens is 388 g/mol. The van der Waals surface area contributed by atoms with Crippen LogP contribution in [0.4, 0.5) is 0 Å². The predicted molar refractivity (Wildman–Crippen MR) is 130 cm³/mol. The van der Waals surface area contributed by atoms with Gasteiger partial charge in [-0.25, -0.2) is 0 Å². The Balaban J connectivity index is 2.73. The van der Waals surface area contributed by atoms with Crippen LogP contribution in [0.15, 0.2) is 12.2 Å². The number of hydrogen-bond donors (Lipinski definition) is 0. The van der Waals surface area contributed by atoms with E-state index in [4.69, 9.17) is 13.9 Å². The van der Waals surface area contributed by atoms with Crippen LogP contribution < -0.4 is 0 Å². The van der Waals surface area contributed by atoms with E-state index in [0.29, 0.717) is 0 Å². The molecule has 3 atom stereocenters. The molecule has 4 heteroatoms. The first-order valence-corrected chi connectivity index (χ1v) is 14.5. The zero-order valence-electron chi connectivity index (χ0n) is 20.9. The molecule has 1 saturated heterocycles. The van der Waals surface area contributed by atoms with E-state index in [9.17, 15) is 0 Å². The molecule has 1 aliphatic rings. The van der Waals surface area contributed by atoms with E-state index < -0.39 is 14.1 Å². The van der Waals surface area contributed by atoms with Crippen molar-refractivity contribution in [2.24, 2.45) is 0 Å². The lowest BCUT2D eigenvalue weighted by molar-refractivity contribution is -0.138. The Morgan fingerprint density at radius 3 is 2.37 bits per heavy atom. The smallest absolute Gasteiger partial charge is 0.193 e. The van der Waals surface area contributed by atoms with Crippen molar-refractivity contribution in [3.63, 3.8) is 0 Å². The van der Waals surface area contributed by atoms with Gasteiger partial charge in [-0.2, -0.15) is 0 Å². The average Bonchev–Trinajstić information content (AvgIpc) is 2.93. The van der Waals surface area contributed by atoms with Crippen molar-refractivity contribution in [1.29, 1.82) is 0 Å². The molecule has 0 radical (unpaired) electrons. The second-order valence-corrected chi connectivity index (χ2v) is 14.9. The van der Waals surface area contributed by atoms with Crippen molar-refractivity contribution in [3.05, 3.63) is 12.2 Å². The Morgan fingerprint density at radius 1 is 1.07 bits per heavy atom. The zero-order chi connectivity index (χ0) is 22.8. The summed E-state index contributed by atoms with van der Waals surface area (Å²) >= 11 is 0. The molecule has 0 aromatic heterocycles. The number of unbranched alkanes of at least 4 members (excludes halogenated alkanes) is 4. The van der Waals surface area contributed by atoms with Crippen LogP contribution in [-0.2, 0) is 13.9 Å². The third-order valence-corrected chi connectivity index (χ3v) is 10.3. The first-order valence-electron chi connectivity index (χ1n) is 11.6. The zero-order valence-corrected chi connectivity index (χ0v) is 21.9. The van der Waals surface area contributed by atoms with Gasteiger partial charge in [0.2, 0.25) is 0 Å². The van der Waals surface area contributed by atoms with Crippen molar-refractivity contribution in [1.82, 2.24) is 0 Å². The molecule has 0 aromatic carbocycles. The number of rotatable bonds is 9. The van der Waals surface area contributed by atoms with Gasteiger partial charge in [0.25, 0.3) is 0 Å². The van der Waals surface area contributed by atoms with Crippen molar-refractivity contribution < 1.29 is 13.9 Å². The van der Waals surface area contributed by atoms with E-state index in [1.165, 1.54) is 25.7 Å². The number of ether oxygens (including phenoxy) is 2. The van der Waals surface area contributed by atoms with E-state index >= 15 is 0 Å². The highest BCUT2D eigenvalue weighted by molar-refractivity contribution is 6.74. The maximum atomic E-state index is 6.40. The molecule has 3 nitrogen and oxygen atoms in total. The van der Waals surface area contributed by atoms with Gasteiger partial charge < -0.3 is 13.9 Å². The molecule has 1 aliphatic heterocycles. The Labute approximate surface area is 187 Å². The molecule has 1 heterocycles. The fraction of sp³-hybridized carbons (Fsp3) is 0.769. The minimum atomic E-state index is -1.84. The monoisotopic (exact) mass is 432 g/mol. The molecule has 0 spiro atoms. The highest BCUT2D eigenvalue weighted by atomic mass is 28.4. The lowest BCUT2D eigenvalue weighted by Crippen LogP contribution is -2.43. The van der Waals surface area contributed by atoms with Gasteiger partial charge in [0.05, 0.1) is 0 Å². The first-order chi connectivity index (χ1) is 13.9. The van der Waals surface area contributed by atoms with Gasteiger partial charge in [-0.3, -0.25) is 0 Å². The summed E-state index contributed by atoms with van der Waals surface area (Å²) in [6.07, 6.45) is 10.8. The van der Waals surface area contributed by atoms with E-state index in [0.717, 1.165) is 12.8 Å². The van der Waals surface area contributed by atoms with Crippen LogP contribution in [0.5, 0.6) is 0 Å². The summed E-state index contributed by atoms with van der Waals surface area (Å²) in [4.78, 5) is 0. The fourth-order valence-corrected chi connectivity index (χ4v) is 4.22. The summed E-state index contributed by atoms with van der Waals surface area (Å²) in [5.74, 6) is 11.7. The molecule has 1 unspecified atom stereocenters. The topological polar surface area (TPSA) is 27.7 Å². The fourth-order valence-electron chi connectivity index (χ4n) is 2.93. The van der Waals surface area contributed by atoms with Crippen molar-refractivity contribution in [2.45, 2.75) is 129 Å². The van der Waals surface area contributed by atoms with Crippen LogP contribution in [0.3, 0.4) is 0 Å². The lowest BCUT2D eigenvalue weighted by Gasteiger charge is -2.37. The predicted octanol–water partition coefficient (Wildman–Crippen LogP) is 6.84. The largest absolute Gasteiger partial charge is 0.403 e. The van der Waals surface area contributed by atoms with Crippen molar-refractivity contribution >= 4 is 8.32 Å². The average molecular weight is 433 g/mol. The van der Waals surface area contributed by atoms with Crippen LogP contribution in [0, 0.1) is 23.7 Å². The number of hydrogen-bond acceptors (Lipinski definition) is 3. The maximum Gasteiger partial charge on any atom is 0.193 e. The van der Waals surface area contributed by atoms with Crippen molar-refractivity contribution in [2.75, 3.05) is 0 Å². The minimum absolute atomic E-state index is 0.0730. The normalized spacial score (nSPS) is 22.3. The quantitative estimate of drug-likeness (QED) is 0.173. The van der Waals surface area contributed by atoms with Gasteiger partial charge in [-0.1, -0.05) is 77.9 Å². The van der Waals surface area contributed by atoms with Crippen LogP contribution >= 0.6 is 0 Å². The highest BCUT2D eigenvalue weighted by Gasteiger charge is 2.39. The molecular formula is C26H44O3Si. The molecule has 0 N–H and O–H groups in total. The van der Waals surface area contributed by atoms with E-state index in [1.54, 1.807) is 0 Å². The second kappa shape index (κ2) is 12.1. The summed E-state index contributed by atoms with van der Waals surface area (Å²) in [5, 5.41) is 0.171. The minimum Gasteiger partial charge on any atom is -0.403 e. The molecule has 0 aliphatic carbocycles. The van der Waals surface area contributed by atoms with Gasteiger partial charge in [-0.05, 0) is 63.1 Å². The van der Waals surface area contributed by atoms with Gasteiger partial charge in [-0.15, -0.1) is 0 Å². The molecule has 0 amide bonds. The lowest BCUT2D eigenvalue weighted by atomic mass is 10.1. The van der Waals surface area contributed by atoms with E-state index in [2.05, 4.69) is 83.5 Å².